The zero-order valence-electron chi connectivity index (χ0n) is 12.3. The number of aromatic nitrogens is 1. The summed E-state index contributed by atoms with van der Waals surface area (Å²) < 4.78 is 10.3. The molecule has 0 bridgehead atoms. The van der Waals surface area contributed by atoms with Crippen LogP contribution in [0, 0.1) is 0 Å². The van der Waals surface area contributed by atoms with Gasteiger partial charge in [0.25, 0.3) is 0 Å². The maximum absolute atomic E-state index is 12.2. The van der Waals surface area contributed by atoms with Crippen molar-refractivity contribution in [1.29, 1.82) is 0 Å². The van der Waals surface area contributed by atoms with Gasteiger partial charge >= 0.3 is 6.09 Å². The molecule has 0 fully saturated rings. The topological polar surface area (TPSA) is 71.9 Å². The molecule has 0 unspecified atom stereocenters. The standard InChI is InChI=1S/C16H18N2O4/c1-21-15-8-7-14(11-17-15)18(9-10-19)16(20)22-12-13-5-3-2-4-6-13/h2-8,11,19H,9-10,12H2,1H3. The second-order valence-corrected chi connectivity index (χ2v) is 4.47. The van der Waals surface area contributed by atoms with E-state index in [2.05, 4.69) is 4.98 Å². The largest absolute Gasteiger partial charge is 0.481 e. The van der Waals surface area contributed by atoms with E-state index in [0.717, 1.165) is 5.56 Å². The number of benzene rings is 1. The lowest BCUT2D eigenvalue weighted by Crippen LogP contribution is -2.34. The molecule has 0 aliphatic rings. The SMILES string of the molecule is COc1ccc(N(CCO)C(=O)OCc2ccccc2)cn1. The molecule has 0 saturated heterocycles. The van der Waals surface area contributed by atoms with Gasteiger partial charge in [0, 0.05) is 6.07 Å². The summed E-state index contributed by atoms with van der Waals surface area (Å²) in [4.78, 5) is 17.6. The van der Waals surface area contributed by atoms with Gasteiger partial charge in [-0.3, -0.25) is 4.90 Å². The first kappa shape index (κ1) is 15.8. The summed E-state index contributed by atoms with van der Waals surface area (Å²) in [6.45, 7) is 0.124. The van der Waals surface area contributed by atoms with Gasteiger partial charge in [-0.15, -0.1) is 0 Å². The molecule has 2 rings (SSSR count). The number of amides is 1. The van der Waals surface area contributed by atoms with Crippen molar-refractivity contribution in [3.05, 3.63) is 54.2 Å². The van der Waals surface area contributed by atoms with Crippen molar-refractivity contribution in [3.8, 4) is 5.88 Å². The average molecular weight is 302 g/mol. The molecular formula is C16H18N2O4. The third-order valence-corrected chi connectivity index (χ3v) is 2.99. The van der Waals surface area contributed by atoms with Gasteiger partial charge in [0.05, 0.1) is 32.1 Å². The number of pyridine rings is 1. The Kier molecular flexibility index (Phi) is 5.73. The molecule has 0 aliphatic carbocycles. The van der Waals surface area contributed by atoms with Crippen molar-refractivity contribution in [3.63, 3.8) is 0 Å². The maximum atomic E-state index is 12.2. The lowest BCUT2D eigenvalue weighted by atomic mass is 10.2. The van der Waals surface area contributed by atoms with Crippen LogP contribution in [0.3, 0.4) is 0 Å². The Morgan fingerprint density at radius 1 is 1.23 bits per heavy atom. The number of methoxy groups -OCH3 is 1. The van der Waals surface area contributed by atoms with Crippen molar-refractivity contribution < 1.29 is 19.4 Å². The Balaban J connectivity index is 2.04. The summed E-state index contributed by atoms with van der Waals surface area (Å²) in [5.41, 5.74) is 1.43. The minimum Gasteiger partial charge on any atom is -0.481 e. The van der Waals surface area contributed by atoms with E-state index < -0.39 is 6.09 Å². The number of carbonyl (C=O) groups is 1. The molecule has 116 valence electrons. The number of aliphatic hydroxyl groups excluding tert-OH is 1. The zero-order chi connectivity index (χ0) is 15.8. The van der Waals surface area contributed by atoms with Gasteiger partial charge in [-0.05, 0) is 11.6 Å². The fraction of sp³-hybridized carbons (Fsp3) is 0.250. The number of carbonyl (C=O) groups excluding carboxylic acids is 1. The van der Waals surface area contributed by atoms with Gasteiger partial charge in [-0.2, -0.15) is 0 Å². The van der Waals surface area contributed by atoms with Crippen LogP contribution >= 0.6 is 0 Å². The molecule has 0 saturated carbocycles. The van der Waals surface area contributed by atoms with Gasteiger partial charge in [0.15, 0.2) is 0 Å². The van der Waals surface area contributed by atoms with Crippen LogP contribution < -0.4 is 9.64 Å². The Morgan fingerprint density at radius 3 is 2.59 bits per heavy atom. The quantitative estimate of drug-likeness (QED) is 0.886. The smallest absolute Gasteiger partial charge is 0.414 e. The fourth-order valence-corrected chi connectivity index (χ4v) is 1.88. The van der Waals surface area contributed by atoms with Crippen LogP contribution in [0.25, 0.3) is 0 Å². The summed E-state index contributed by atoms with van der Waals surface area (Å²) in [7, 11) is 1.52. The molecule has 0 radical (unpaired) electrons. The number of hydrogen-bond acceptors (Lipinski definition) is 5. The number of anilines is 1. The van der Waals surface area contributed by atoms with E-state index in [-0.39, 0.29) is 19.8 Å². The zero-order valence-corrected chi connectivity index (χ0v) is 12.3. The minimum absolute atomic E-state index is 0.127. The summed E-state index contributed by atoms with van der Waals surface area (Å²) in [6, 6.07) is 12.7. The van der Waals surface area contributed by atoms with Crippen LogP contribution in [0.4, 0.5) is 10.5 Å². The molecule has 0 aliphatic heterocycles. The van der Waals surface area contributed by atoms with E-state index >= 15 is 0 Å². The molecule has 1 heterocycles. The molecule has 2 aromatic rings. The average Bonchev–Trinajstić information content (AvgIpc) is 2.58. The number of aliphatic hydroxyl groups is 1. The van der Waals surface area contributed by atoms with Crippen molar-refractivity contribution in [1.82, 2.24) is 4.98 Å². The van der Waals surface area contributed by atoms with Gasteiger partial charge in [-0.25, -0.2) is 9.78 Å². The van der Waals surface area contributed by atoms with Crippen LogP contribution in [-0.4, -0.2) is 36.4 Å². The predicted octanol–water partition coefficient (Wildman–Crippen LogP) is 2.23. The van der Waals surface area contributed by atoms with E-state index in [1.807, 2.05) is 30.3 Å². The molecule has 1 amide bonds. The maximum Gasteiger partial charge on any atom is 0.414 e. The van der Waals surface area contributed by atoms with Crippen molar-refractivity contribution in [2.45, 2.75) is 6.61 Å². The first-order valence-corrected chi connectivity index (χ1v) is 6.83. The molecule has 6 heteroatoms. The van der Waals surface area contributed by atoms with Crippen molar-refractivity contribution >= 4 is 11.8 Å². The molecule has 0 atom stereocenters. The van der Waals surface area contributed by atoms with Gasteiger partial charge in [0.2, 0.25) is 5.88 Å². The van der Waals surface area contributed by atoms with E-state index in [1.54, 1.807) is 12.1 Å². The highest BCUT2D eigenvalue weighted by Gasteiger charge is 2.17. The first-order chi connectivity index (χ1) is 10.7. The Labute approximate surface area is 128 Å². The third kappa shape index (κ3) is 4.20. The van der Waals surface area contributed by atoms with Gasteiger partial charge in [0.1, 0.15) is 6.61 Å². The van der Waals surface area contributed by atoms with E-state index in [1.165, 1.54) is 18.2 Å². The molecule has 1 aromatic heterocycles. The highest BCUT2D eigenvalue weighted by atomic mass is 16.6. The molecule has 0 spiro atoms. The third-order valence-electron chi connectivity index (χ3n) is 2.99. The Hall–Kier alpha value is -2.60. The van der Waals surface area contributed by atoms with E-state index in [0.29, 0.717) is 11.6 Å². The van der Waals surface area contributed by atoms with Crippen molar-refractivity contribution in [2.24, 2.45) is 0 Å². The minimum atomic E-state index is -0.537. The summed E-state index contributed by atoms with van der Waals surface area (Å²) in [5.74, 6) is 0.449. The number of hydrogen-bond donors (Lipinski definition) is 1. The molecule has 22 heavy (non-hydrogen) atoms. The molecule has 1 N–H and O–H groups in total. The number of rotatable bonds is 6. The molecular weight excluding hydrogens is 284 g/mol. The summed E-state index contributed by atoms with van der Waals surface area (Å²) >= 11 is 0. The predicted molar refractivity (Wildman–Crippen MR) is 81.8 cm³/mol. The van der Waals surface area contributed by atoms with Crippen LogP contribution in [0.1, 0.15) is 5.56 Å². The fourth-order valence-electron chi connectivity index (χ4n) is 1.88. The normalized spacial score (nSPS) is 10.1. The molecule has 6 nitrogen and oxygen atoms in total. The van der Waals surface area contributed by atoms with Crippen LogP contribution in [0.5, 0.6) is 5.88 Å². The van der Waals surface area contributed by atoms with Crippen molar-refractivity contribution in [2.75, 3.05) is 25.2 Å². The van der Waals surface area contributed by atoms with E-state index in [4.69, 9.17) is 14.6 Å². The molecule has 1 aromatic carbocycles. The highest BCUT2D eigenvalue weighted by molar-refractivity contribution is 5.87. The lowest BCUT2D eigenvalue weighted by Gasteiger charge is -2.21. The summed E-state index contributed by atoms with van der Waals surface area (Å²) in [6.07, 6.45) is 0.961. The van der Waals surface area contributed by atoms with Crippen LogP contribution in [-0.2, 0) is 11.3 Å². The van der Waals surface area contributed by atoms with Crippen LogP contribution in [0.15, 0.2) is 48.7 Å². The monoisotopic (exact) mass is 302 g/mol. The number of nitrogens with zero attached hydrogens (tertiary/aromatic N) is 2. The lowest BCUT2D eigenvalue weighted by molar-refractivity contribution is 0.145. The highest BCUT2D eigenvalue weighted by Crippen LogP contribution is 2.17. The second-order valence-electron chi connectivity index (χ2n) is 4.47. The number of ether oxygens (including phenoxy) is 2. The Bertz CT molecular complexity index is 587. The van der Waals surface area contributed by atoms with Crippen LogP contribution in [0.2, 0.25) is 0 Å². The van der Waals surface area contributed by atoms with Gasteiger partial charge < -0.3 is 14.6 Å². The first-order valence-electron chi connectivity index (χ1n) is 6.83. The van der Waals surface area contributed by atoms with Gasteiger partial charge in [-0.1, -0.05) is 30.3 Å². The van der Waals surface area contributed by atoms with E-state index in [9.17, 15) is 4.79 Å². The summed E-state index contributed by atoms with van der Waals surface area (Å²) in [5, 5.41) is 9.14. The Morgan fingerprint density at radius 2 is 2.00 bits per heavy atom. The second kappa shape index (κ2) is 7.99.